The van der Waals surface area contributed by atoms with E-state index in [0.717, 1.165) is 9.24 Å². The van der Waals surface area contributed by atoms with Crippen LogP contribution in [0.15, 0.2) is 26.1 Å². The van der Waals surface area contributed by atoms with E-state index in [2.05, 4.69) is 4.98 Å². The lowest BCUT2D eigenvalue weighted by atomic mass is 10.5. The molecule has 2 rings (SSSR count). The van der Waals surface area contributed by atoms with E-state index in [1.54, 1.807) is 16.8 Å². The van der Waals surface area contributed by atoms with E-state index in [0.29, 0.717) is 10.0 Å². The van der Waals surface area contributed by atoms with Crippen molar-refractivity contribution < 1.29 is 9.90 Å². The minimum atomic E-state index is -0.899. The monoisotopic (exact) mass is 277 g/mol. The van der Waals surface area contributed by atoms with Gasteiger partial charge in [-0.2, -0.15) is 0 Å². The lowest BCUT2D eigenvalue weighted by molar-refractivity contribution is 0.0702. The number of aromatic nitrogens is 1. The van der Waals surface area contributed by atoms with Crippen LogP contribution < -0.4 is 0 Å². The van der Waals surface area contributed by atoms with Crippen LogP contribution in [0.2, 0.25) is 5.15 Å². The van der Waals surface area contributed by atoms with E-state index in [4.69, 9.17) is 16.7 Å². The first-order valence-electron chi connectivity index (χ1n) is 3.76. The van der Waals surface area contributed by atoms with Crippen LogP contribution in [0.4, 0.5) is 0 Å². The minimum Gasteiger partial charge on any atom is -0.477 e. The number of rotatable bonds is 3. The van der Waals surface area contributed by atoms with Gasteiger partial charge < -0.3 is 5.11 Å². The van der Waals surface area contributed by atoms with Gasteiger partial charge in [0, 0.05) is 15.7 Å². The Bertz CT molecular complexity index is 494. The Hall–Kier alpha value is -0.560. The number of nitrogens with zero attached hydrogens (tertiary/aromatic N) is 1. The maximum Gasteiger partial charge on any atom is 0.345 e. The molecule has 7 heteroatoms. The average Bonchev–Trinajstić information content (AvgIpc) is 2.76. The maximum absolute atomic E-state index is 10.6. The summed E-state index contributed by atoms with van der Waals surface area (Å²) in [7, 11) is 0. The second kappa shape index (κ2) is 4.52. The van der Waals surface area contributed by atoms with Gasteiger partial charge in [-0.1, -0.05) is 23.4 Å². The van der Waals surface area contributed by atoms with Gasteiger partial charge in [0.2, 0.25) is 0 Å². The third kappa shape index (κ3) is 2.72. The predicted molar refractivity (Wildman–Crippen MR) is 62.5 cm³/mol. The van der Waals surface area contributed by atoms with Crippen LogP contribution in [0, 0.1) is 0 Å². The number of carboxylic acids is 1. The Morgan fingerprint density at radius 2 is 2.27 bits per heavy atom. The topological polar surface area (TPSA) is 50.2 Å². The third-order valence-corrected chi connectivity index (χ3v) is 4.75. The van der Waals surface area contributed by atoms with Crippen molar-refractivity contribution >= 4 is 52.0 Å². The molecule has 0 spiro atoms. The van der Waals surface area contributed by atoms with E-state index >= 15 is 0 Å². The van der Waals surface area contributed by atoms with Crippen LogP contribution in [0.5, 0.6) is 0 Å². The molecular weight excluding hydrogens is 274 g/mol. The molecule has 0 saturated carbocycles. The van der Waals surface area contributed by atoms with Crippen LogP contribution in [0.3, 0.4) is 0 Å². The Labute approximate surface area is 103 Å². The summed E-state index contributed by atoms with van der Waals surface area (Å²) in [5, 5.41) is 12.7. The van der Waals surface area contributed by atoms with Crippen LogP contribution in [-0.2, 0) is 0 Å². The number of thiophene rings is 1. The Morgan fingerprint density at radius 1 is 1.47 bits per heavy atom. The molecule has 0 saturated heterocycles. The van der Waals surface area contributed by atoms with E-state index in [-0.39, 0.29) is 0 Å². The zero-order valence-corrected chi connectivity index (χ0v) is 10.3. The number of halogens is 1. The van der Waals surface area contributed by atoms with Crippen LogP contribution in [0.1, 0.15) is 9.67 Å². The summed E-state index contributed by atoms with van der Waals surface area (Å²) in [5.74, 6) is -0.899. The summed E-state index contributed by atoms with van der Waals surface area (Å²) in [4.78, 5) is 15.9. The van der Waals surface area contributed by atoms with Gasteiger partial charge in [0.25, 0.3) is 0 Å². The molecule has 2 heterocycles. The normalized spacial score (nSPS) is 10.5. The van der Waals surface area contributed by atoms with E-state index in [9.17, 15) is 4.79 Å². The molecule has 0 aromatic carbocycles. The lowest BCUT2D eigenvalue weighted by Gasteiger charge is -1.89. The van der Waals surface area contributed by atoms with Crippen LogP contribution >= 0.6 is 46.0 Å². The summed E-state index contributed by atoms with van der Waals surface area (Å²) in [6.07, 6.45) is 0. The second-order valence-corrected chi connectivity index (χ2v) is 5.97. The lowest BCUT2D eigenvalue weighted by Crippen LogP contribution is -1.89. The average molecular weight is 278 g/mol. The van der Waals surface area contributed by atoms with Crippen molar-refractivity contribution in [3.8, 4) is 0 Å². The number of hydrogen-bond donors (Lipinski definition) is 1. The van der Waals surface area contributed by atoms with Gasteiger partial charge in [0.1, 0.15) is 10.0 Å². The molecule has 0 amide bonds. The Kier molecular flexibility index (Phi) is 3.30. The second-order valence-electron chi connectivity index (χ2n) is 2.49. The van der Waals surface area contributed by atoms with Gasteiger partial charge in [0.05, 0.1) is 0 Å². The molecule has 2 aromatic heterocycles. The van der Waals surface area contributed by atoms with Crippen molar-refractivity contribution in [2.45, 2.75) is 9.24 Å². The molecule has 0 fully saturated rings. The zero-order valence-electron chi connectivity index (χ0n) is 7.14. The number of hydrogen-bond acceptors (Lipinski definition) is 5. The number of thiazole rings is 1. The number of carbonyl (C=O) groups is 1. The Balaban J connectivity index is 2.14. The smallest absolute Gasteiger partial charge is 0.345 e. The standard InChI is InChI=1S/C8H4ClNO2S3/c9-6-3-14-8(10-6)15-4-1-5(7(11)12)13-2-4/h1-3H,(H,11,12). The molecule has 2 aromatic rings. The van der Waals surface area contributed by atoms with Gasteiger partial charge in [-0.15, -0.1) is 22.7 Å². The summed E-state index contributed by atoms with van der Waals surface area (Å²) in [6.45, 7) is 0. The minimum absolute atomic E-state index is 0.333. The molecule has 0 aliphatic heterocycles. The highest BCUT2D eigenvalue weighted by molar-refractivity contribution is 8.01. The van der Waals surface area contributed by atoms with Crippen molar-refractivity contribution in [1.82, 2.24) is 4.98 Å². The molecule has 78 valence electrons. The fourth-order valence-corrected chi connectivity index (χ4v) is 3.76. The first-order valence-corrected chi connectivity index (χ1v) is 6.71. The molecular formula is C8H4ClNO2S3. The van der Waals surface area contributed by atoms with Gasteiger partial charge in [-0.05, 0) is 6.07 Å². The van der Waals surface area contributed by atoms with Crippen molar-refractivity contribution in [3.05, 3.63) is 26.9 Å². The van der Waals surface area contributed by atoms with Crippen molar-refractivity contribution in [1.29, 1.82) is 0 Å². The summed E-state index contributed by atoms with van der Waals surface area (Å²) in [5.41, 5.74) is 0. The van der Waals surface area contributed by atoms with Crippen LogP contribution in [0.25, 0.3) is 0 Å². The van der Waals surface area contributed by atoms with E-state index in [1.807, 2.05) is 0 Å². The first kappa shape index (κ1) is 10.9. The summed E-state index contributed by atoms with van der Waals surface area (Å²) < 4.78 is 0.815. The highest BCUT2D eigenvalue weighted by Gasteiger charge is 2.09. The zero-order chi connectivity index (χ0) is 10.8. The summed E-state index contributed by atoms with van der Waals surface area (Å²) in [6, 6.07) is 1.63. The summed E-state index contributed by atoms with van der Waals surface area (Å²) >= 11 is 9.74. The van der Waals surface area contributed by atoms with E-state index < -0.39 is 5.97 Å². The number of carboxylic acid groups (broad SMARTS) is 1. The molecule has 3 nitrogen and oxygen atoms in total. The maximum atomic E-state index is 10.6. The van der Waals surface area contributed by atoms with E-state index in [1.165, 1.54) is 34.4 Å². The van der Waals surface area contributed by atoms with Crippen molar-refractivity contribution in [3.63, 3.8) is 0 Å². The molecule has 15 heavy (non-hydrogen) atoms. The molecule has 0 unspecified atom stereocenters. The predicted octanol–water partition coefficient (Wildman–Crippen LogP) is 3.71. The molecule has 0 atom stereocenters. The third-order valence-electron chi connectivity index (χ3n) is 1.45. The fourth-order valence-electron chi connectivity index (χ4n) is 0.871. The van der Waals surface area contributed by atoms with Crippen LogP contribution in [-0.4, -0.2) is 16.1 Å². The van der Waals surface area contributed by atoms with Crippen molar-refractivity contribution in [2.75, 3.05) is 0 Å². The highest BCUT2D eigenvalue weighted by atomic mass is 35.5. The largest absolute Gasteiger partial charge is 0.477 e. The molecule has 0 aliphatic carbocycles. The molecule has 1 N–H and O–H groups in total. The van der Waals surface area contributed by atoms with Gasteiger partial charge in [-0.3, -0.25) is 0 Å². The van der Waals surface area contributed by atoms with Gasteiger partial charge in [0.15, 0.2) is 4.34 Å². The highest BCUT2D eigenvalue weighted by Crippen LogP contribution is 2.34. The SMILES string of the molecule is O=C(O)c1cc(Sc2nc(Cl)cs2)cs1. The quantitative estimate of drug-likeness (QED) is 0.929. The Morgan fingerprint density at radius 3 is 2.80 bits per heavy atom. The molecule has 0 bridgehead atoms. The van der Waals surface area contributed by atoms with Gasteiger partial charge in [-0.25, -0.2) is 9.78 Å². The molecule has 0 radical (unpaired) electrons. The van der Waals surface area contributed by atoms with Gasteiger partial charge >= 0.3 is 5.97 Å². The fraction of sp³-hybridized carbons (Fsp3) is 0. The molecule has 0 aliphatic rings. The number of aromatic carboxylic acids is 1. The first-order chi connectivity index (χ1) is 7.15. The van der Waals surface area contributed by atoms with Crippen molar-refractivity contribution in [2.24, 2.45) is 0 Å².